The fraction of sp³-hybridized carbons (Fsp3) is 0.286. The molecule has 0 saturated heterocycles. The number of aliphatic hydroxyl groups excluding tert-OH is 1. The van der Waals surface area contributed by atoms with Crippen LogP contribution in [0.4, 0.5) is 10.5 Å². The lowest BCUT2D eigenvalue weighted by atomic mass is 9.87. The first-order valence-corrected chi connectivity index (χ1v) is 9.09. The van der Waals surface area contributed by atoms with Gasteiger partial charge in [0.15, 0.2) is 0 Å². The molecule has 3 aromatic rings. The maximum atomic E-state index is 13.0. The van der Waals surface area contributed by atoms with Crippen molar-refractivity contribution in [1.82, 2.24) is 9.88 Å². The van der Waals surface area contributed by atoms with Gasteiger partial charge in [-0.1, -0.05) is 30.3 Å². The van der Waals surface area contributed by atoms with Crippen molar-refractivity contribution in [3.05, 3.63) is 65.9 Å². The van der Waals surface area contributed by atoms with Crippen molar-refractivity contribution in [2.75, 3.05) is 18.5 Å². The molecule has 2 aromatic carbocycles. The lowest BCUT2D eigenvalue weighted by Gasteiger charge is -2.35. The first-order chi connectivity index (χ1) is 12.8. The number of aromatic nitrogens is 1. The van der Waals surface area contributed by atoms with Crippen LogP contribution in [-0.4, -0.2) is 34.2 Å². The Morgan fingerprint density at radius 1 is 1.23 bits per heavy atom. The third-order valence-corrected chi connectivity index (χ3v) is 5.12. The lowest BCUT2D eigenvalue weighted by Crippen LogP contribution is -2.41. The Morgan fingerprint density at radius 3 is 3.00 bits per heavy atom. The Morgan fingerprint density at radius 2 is 2.12 bits per heavy atom. The average molecular weight is 349 g/mol. The van der Waals surface area contributed by atoms with Crippen LogP contribution >= 0.6 is 0 Å². The number of urea groups is 1. The molecule has 1 atom stereocenters. The van der Waals surface area contributed by atoms with E-state index in [2.05, 4.69) is 22.4 Å². The number of fused-ring (bicyclic) bond motifs is 2. The van der Waals surface area contributed by atoms with Crippen LogP contribution in [0.3, 0.4) is 0 Å². The van der Waals surface area contributed by atoms with Crippen LogP contribution in [-0.2, 0) is 6.42 Å². The number of aliphatic hydroxyl groups is 1. The standard InChI is InChI=1S/C21H23N3O2/c25-13-12-24(20-7-3-5-15-4-1-2-6-18(15)20)21(26)23-17-9-8-16-10-11-22-19(16)14-17/h1-2,4,6,8-11,14,20,22,25H,3,5,7,12-13H2,(H,23,26). The first-order valence-electron chi connectivity index (χ1n) is 9.09. The highest BCUT2D eigenvalue weighted by molar-refractivity contribution is 5.93. The van der Waals surface area contributed by atoms with Crippen molar-refractivity contribution >= 4 is 22.6 Å². The highest BCUT2D eigenvalue weighted by Crippen LogP contribution is 2.34. The van der Waals surface area contributed by atoms with Gasteiger partial charge in [-0.3, -0.25) is 0 Å². The van der Waals surface area contributed by atoms with Crippen molar-refractivity contribution in [2.45, 2.75) is 25.3 Å². The van der Waals surface area contributed by atoms with Gasteiger partial charge in [0.1, 0.15) is 0 Å². The van der Waals surface area contributed by atoms with E-state index in [0.717, 1.165) is 35.9 Å². The zero-order valence-electron chi connectivity index (χ0n) is 14.6. The number of rotatable bonds is 4. The van der Waals surface area contributed by atoms with E-state index in [1.165, 1.54) is 11.1 Å². The number of aryl methyl sites for hydroxylation is 1. The number of aromatic amines is 1. The molecule has 1 unspecified atom stereocenters. The Hall–Kier alpha value is -2.79. The van der Waals surface area contributed by atoms with E-state index in [4.69, 9.17) is 0 Å². The van der Waals surface area contributed by atoms with Crippen LogP contribution in [0.25, 0.3) is 10.9 Å². The summed E-state index contributed by atoms with van der Waals surface area (Å²) in [5, 5.41) is 13.6. The number of nitrogens with one attached hydrogen (secondary N) is 2. The minimum absolute atomic E-state index is 0.00122. The predicted molar refractivity (Wildman–Crippen MR) is 103 cm³/mol. The molecule has 134 valence electrons. The summed E-state index contributed by atoms with van der Waals surface area (Å²) in [4.78, 5) is 17.9. The summed E-state index contributed by atoms with van der Waals surface area (Å²) in [7, 11) is 0. The van der Waals surface area contributed by atoms with Gasteiger partial charge in [-0.2, -0.15) is 0 Å². The molecule has 4 rings (SSSR count). The molecule has 0 aliphatic heterocycles. The first kappa shape index (κ1) is 16.7. The number of carbonyl (C=O) groups excluding carboxylic acids is 1. The molecular weight excluding hydrogens is 326 g/mol. The third-order valence-electron chi connectivity index (χ3n) is 5.12. The monoisotopic (exact) mass is 349 g/mol. The maximum Gasteiger partial charge on any atom is 0.322 e. The van der Waals surface area contributed by atoms with Gasteiger partial charge in [0.25, 0.3) is 0 Å². The smallest absolute Gasteiger partial charge is 0.322 e. The fourth-order valence-electron chi connectivity index (χ4n) is 3.88. The van der Waals surface area contributed by atoms with E-state index in [1.807, 2.05) is 42.6 Å². The molecule has 0 fully saturated rings. The van der Waals surface area contributed by atoms with E-state index >= 15 is 0 Å². The van der Waals surface area contributed by atoms with Gasteiger partial charge in [-0.25, -0.2) is 4.79 Å². The van der Waals surface area contributed by atoms with Crippen molar-refractivity contribution in [2.24, 2.45) is 0 Å². The van der Waals surface area contributed by atoms with Crippen LogP contribution < -0.4 is 5.32 Å². The second-order valence-electron chi connectivity index (χ2n) is 6.73. The van der Waals surface area contributed by atoms with E-state index in [1.54, 1.807) is 4.90 Å². The number of carbonyl (C=O) groups is 1. The number of H-pyrrole nitrogens is 1. The molecular formula is C21H23N3O2. The molecule has 1 aliphatic carbocycles. The summed E-state index contributed by atoms with van der Waals surface area (Å²) < 4.78 is 0. The van der Waals surface area contributed by atoms with Crippen molar-refractivity contribution in [1.29, 1.82) is 0 Å². The number of hydrogen-bond acceptors (Lipinski definition) is 2. The lowest BCUT2D eigenvalue weighted by molar-refractivity contribution is 0.155. The predicted octanol–water partition coefficient (Wildman–Crippen LogP) is 4.07. The summed E-state index contributed by atoms with van der Waals surface area (Å²) in [6, 6.07) is 15.9. The van der Waals surface area contributed by atoms with E-state index in [9.17, 15) is 9.90 Å². The average Bonchev–Trinajstić information content (AvgIpc) is 3.13. The number of amides is 2. The number of anilines is 1. The van der Waals surface area contributed by atoms with Gasteiger partial charge in [-0.15, -0.1) is 0 Å². The van der Waals surface area contributed by atoms with Crippen molar-refractivity contribution in [3.8, 4) is 0 Å². The van der Waals surface area contributed by atoms with Crippen molar-refractivity contribution in [3.63, 3.8) is 0 Å². The zero-order chi connectivity index (χ0) is 17.9. The molecule has 0 spiro atoms. The number of nitrogens with zero attached hydrogens (tertiary/aromatic N) is 1. The maximum absolute atomic E-state index is 13.0. The molecule has 3 N–H and O–H groups in total. The van der Waals surface area contributed by atoms with Gasteiger partial charge >= 0.3 is 6.03 Å². The molecule has 26 heavy (non-hydrogen) atoms. The second-order valence-corrected chi connectivity index (χ2v) is 6.73. The van der Waals surface area contributed by atoms with Gasteiger partial charge in [-0.05, 0) is 54.0 Å². The highest BCUT2D eigenvalue weighted by atomic mass is 16.3. The van der Waals surface area contributed by atoms with Crippen LogP contribution in [0.5, 0.6) is 0 Å². The highest BCUT2D eigenvalue weighted by Gasteiger charge is 2.28. The Balaban J connectivity index is 1.59. The Labute approximate surface area is 152 Å². The van der Waals surface area contributed by atoms with Gasteiger partial charge < -0.3 is 20.3 Å². The van der Waals surface area contributed by atoms with Gasteiger partial charge in [0, 0.05) is 23.9 Å². The van der Waals surface area contributed by atoms with Crippen LogP contribution in [0.2, 0.25) is 0 Å². The fourth-order valence-corrected chi connectivity index (χ4v) is 3.88. The molecule has 0 bridgehead atoms. The summed E-state index contributed by atoms with van der Waals surface area (Å²) in [5.41, 5.74) is 4.23. The molecule has 1 aromatic heterocycles. The third kappa shape index (κ3) is 3.18. The molecule has 0 radical (unpaired) electrons. The Bertz CT molecular complexity index is 918. The number of benzene rings is 2. The quantitative estimate of drug-likeness (QED) is 0.664. The summed E-state index contributed by atoms with van der Waals surface area (Å²) in [5.74, 6) is 0. The number of hydrogen-bond donors (Lipinski definition) is 3. The summed E-state index contributed by atoms with van der Waals surface area (Å²) in [6.07, 6.45) is 4.89. The molecule has 0 saturated carbocycles. The van der Waals surface area contributed by atoms with E-state index in [-0.39, 0.29) is 18.7 Å². The normalized spacial score (nSPS) is 16.3. The molecule has 2 amide bonds. The second kappa shape index (κ2) is 7.22. The molecule has 5 nitrogen and oxygen atoms in total. The largest absolute Gasteiger partial charge is 0.395 e. The Kier molecular flexibility index (Phi) is 4.63. The molecule has 1 aliphatic rings. The van der Waals surface area contributed by atoms with Crippen LogP contribution in [0.15, 0.2) is 54.7 Å². The SMILES string of the molecule is O=C(Nc1ccc2cc[nH]c2c1)N(CCO)C1CCCc2ccccc21. The summed E-state index contributed by atoms with van der Waals surface area (Å²) >= 11 is 0. The van der Waals surface area contributed by atoms with Crippen LogP contribution in [0.1, 0.15) is 30.0 Å². The molecule has 5 heteroatoms. The molecule has 1 heterocycles. The van der Waals surface area contributed by atoms with E-state index in [0.29, 0.717) is 6.54 Å². The van der Waals surface area contributed by atoms with Crippen LogP contribution in [0, 0.1) is 0 Å². The van der Waals surface area contributed by atoms with Crippen molar-refractivity contribution < 1.29 is 9.90 Å². The van der Waals surface area contributed by atoms with Gasteiger partial charge in [0.2, 0.25) is 0 Å². The topological polar surface area (TPSA) is 68.4 Å². The zero-order valence-corrected chi connectivity index (χ0v) is 14.6. The van der Waals surface area contributed by atoms with E-state index < -0.39 is 0 Å². The van der Waals surface area contributed by atoms with Gasteiger partial charge in [0.05, 0.1) is 12.6 Å². The minimum Gasteiger partial charge on any atom is -0.395 e. The minimum atomic E-state index is -0.174. The summed E-state index contributed by atoms with van der Waals surface area (Å²) in [6.45, 7) is 0.261.